The molecule has 1 amide bonds. The minimum Gasteiger partial charge on any atom is -0.325 e. The molecule has 2 aromatic heterocycles. The van der Waals surface area contributed by atoms with Gasteiger partial charge in [-0.15, -0.1) is 11.3 Å². The van der Waals surface area contributed by atoms with Crippen LogP contribution in [0.3, 0.4) is 0 Å². The number of thiophene rings is 1. The molecule has 0 radical (unpaired) electrons. The van der Waals surface area contributed by atoms with E-state index in [0.29, 0.717) is 5.69 Å². The number of fused-ring (bicyclic) bond motifs is 1. The third-order valence-electron chi connectivity index (χ3n) is 3.19. The molecule has 1 N–H and O–H groups in total. The Morgan fingerprint density at radius 1 is 1.38 bits per heavy atom. The van der Waals surface area contributed by atoms with E-state index in [2.05, 4.69) is 15.3 Å². The number of nitro benzene ring substituents is 1. The van der Waals surface area contributed by atoms with Gasteiger partial charge in [0.25, 0.3) is 5.69 Å². The van der Waals surface area contributed by atoms with Crippen LogP contribution < -0.4 is 5.32 Å². The van der Waals surface area contributed by atoms with Crippen LogP contribution in [0.2, 0.25) is 0 Å². The molecule has 0 saturated carbocycles. The number of rotatable bonds is 5. The highest BCUT2D eigenvalue weighted by Crippen LogP contribution is 2.31. The Kier molecular flexibility index (Phi) is 4.72. The van der Waals surface area contributed by atoms with Crippen molar-refractivity contribution in [2.75, 3.05) is 5.32 Å². The van der Waals surface area contributed by atoms with Crippen molar-refractivity contribution in [3.8, 4) is 0 Å². The Morgan fingerprint density at radius 2 is 2.21 bits per heavy atom. The summed E-state index contributed by atoms with van der Waals surface area (Å²) >= 11 is 2.85. The number of anilines is 1. The predicted molar refractivity (Wildman–Crippen MR) is 94.5 cm³/mol. The highest BCUT2D eigenvalue weighted by molar-refractivity contribution is 8.00. The van der Waals surface area contributed by atoms with Gasteiger partial charge in [0, 0.05) is 17.8 Å². The Morgan fingerprint density at radius 3 is 3.00 bits per heavy atom. The largest absolute Gasteiger partial charge is 0.325 e. The number of thioether (sulfide) groups is 1. The zero-order chi connectivity index (χ0) is 17.1. The number of nitro groups is 1. The average Bonchev–Trinajstić information content (AvgIpc) is 3.04. The molecule has 0 spiro atoms. The molecule has 0 aliphatic carbocycles. The molecular formula is C15H12N4O3S2. The highest BCUT2D eigenvalue weighted by Gasteiger charge is 2.18. The van der Waals surface area contributed by atoms with Crippen molar-refractivity contribution in [2.24, 2.45) is 0 Å². The SMILES string of the molecule is CC(Sc1ncnc2ccsc12)C(=O)Nc1cccc([N+](=O)[O-])c1. The van der Waals surface area contributed by atoms with Crippen LogP contribution in [0.15, 0.2) is 47.1 Å². The zero-order valence-electron chi connectivity index (χ0n) is 12.5. The molecule has 7 nitrogen and oxygen atoms in total. The summed E-state index contributed by atoms with van der Waals surface area (Å²) in [4.78, 5) is 31.0. The van der Waals surface area contributed by atoms with Crippen LogP contribution in [0, 0.1) is 10.1 Å². The number of aromatic nitrogens is 2. The molecule has 1 atom stereocenters. The van der Waals surface area contributed by atoms with Crippen molar-refractivity contribution in [2.45, 2.75) is 17.2 Å². The Hall–Kier alpha value is -2.52. The highest BCUT2D eigenvalue weighted by atomic mass is 32.2. The molecule has 0 aliphatic rings. The molecule has 1 aromatic carbocycles. The smallest absolute Gasteiger partial charge is 0.271 e. The summed E-state index contributed by atoms with van der Waals surface area (Å²) < 4.78 is 0.942. The van der Waals surface area contributed by atoms with Gasteiger partial charge in [-0.05, 0) is 24.4 Å². The summed E-state index contributed by atoms with van der Waals surface area (Å²) in [6, 6.07) is 7.76. The number of benzene rings is 1. The molecule has 3 aromatic rings. The molecule has 1 unspecified atom stereocenters. The van der Waals surface area contributed by atoms with Crippen LogP contribution in [-0.2, 0) is 4.79 Å². The summed E-state index contributed by atoms with van der Waals surface area (Å²) in [6.07, 6.45) is 1.47. The van der Waals surface area contributed by atoms with Crippen molar-refractivity contribution in [1.29, 1.82) is 0 Å². The predicted octanol–water partition coefficient (Wildman–Crippen LogP) is 3.72. The van der Waals surface area contributed by atoms with Crippen molar-refractivity contribution in [3.63, 3.8) is 0 Å². The molecule has 0 bridgehead atoms. The standard InChI is InChI=1S/C15H12N4O3S2/c1-9(24-15-13-12(5-6-23-13)16-8-17-15)14(20)18-10-3-2-4-11(7-10)19(21)22/h2-9H,1H3,(H,18,20). The first-order chi connectivity index (χ1) is 11.5. The van der Waals surface area contributed by atoms with Crippen molar-refractivity contribution < 1.29 is 9.72 Å². The molecule has 24 heavy (non-hydrogen) atoms. The minimum atomic E-state index is -0.498. The lowest BCUT2D eigenvalue weighted by molar-refractivity contribution is -0.384. The van der Waals surface area contributed by atoms with E-state index >= 15 is 0 Å². The topological polar surface area (TPSA) is 98.0 Å². The van der Waals surface area contributed by atoms with Crippen LogP contribution in [0.5, 0.6) is 0 Å². The average molecular weight is 360 g/mol. The monoisotopic (exact) mass is 360 g/mol. The van der Waals surface area contributed by atoms with Crippen LogP contribution >= 0.6 is 23.1 Å². The van der Waals surface area contributed by atoms with Gasteiger partial charge in [-0.3, -0.25) is 14.9 Å². The van der Waals surface area contributed by atoms with E-state index in [1.54, 1.807) is 13.0 Å². The number of hydrogen-bond acceptors (Lipinski definition) is 7. The number of nitrogens with zero attached hydrogens (tertiary/aromatic N) is 3. The maximum atomic E-state index is 12.3. The number of non-ortho nitro benzene ring substituents is 1. The Labute approximate surface area is 145 Å². The first-order valence-corrected chi connectivity index (χ1v) is 8.70. The van der Waals surface area contributed by atoms with Gasteiger partial charge in [0.05, 0.1) is 20.4 Å². The Balaban J connectivity index is 1.72. The number of amides is 1. The van der Waals surface area contributed by atoms with E-state index in [-0.39, 0.29) is 11.6 Å². The molecule has 3 rings (SSSR count). The third-order valence-corrected chi connectivity index (χ3v) is 5.33. The summed E-state index contributed by atoms with van der Waals surface area (Å²) in [6.45, 7) is 1.76. The first-order valence-electron chi connectivity index (χ1n) is 6.95. The molecule has 2 heterocycles. The molecule has 0 fully saturated rings. The number of hydrogen-bond donors (Lipinski definition) is 1. The summed E-state index contributed by atoms with van der Waals surface area (Å²) in [5, 5.41) is 15.7. The summed E-state index contributed by atoms with van der Waals surface area (Å²) in [5.74, 6) is -0.246. The quantitative estimate of drug-likeness (QED) is 0.322. The van der Waals surface area contributed by atoms with Gasteiger partial charge < -0.3 is 5.32 Å². The van der Waals surface area contributed by atoms with E-state index in [4.69, 9.17) is 0 Å². The fraction of sp³-hybridized carbons (Fsp3) is 0.133. The van der Waals surface area contributed by atoms with Gasteiger partial charge in [0.2, 0.25) is 5.91 Å². The summed E-state index contributed by atoms with van der Waals surface area (Å²) in [7, 11) is 0. The van der Waals surface area contributed by atoms with Gasteiger partial charge in [0.15, 0.2) is 0 Å². The summed E-state index contributed by atoms with van der Waals surface area (Å²) in [5.41, 5.74) is 1.18. The lowest BCUT2D eigenvalue weighted by atomic mass is 10.2. The van der Waals surface area contributed by atoms with Crippen LogP contribution in [-0.4, -0.2) is 26.0 Å². The molecule has 9 heteroatoms. The van der Waals surface area contributed by atoms with Crippen molar-refractivity contribution >= 4 is 50.6 Å². The fourth-order valence-electron chi connectivity index (χ4n) is 2.01. The van der Waals surface area contributed by atoms with E-state index in [0.717, 1.165) is 15.2 Å². The van der Waals surface area contributed by atoms with Crippen LogP contribution in [0.4, 0.5) is 11.4 Å². The van der Waals surface area contributed by atoms with Crippen molar-refractivity contribution in [1.82, 2.24) is 9.97 Å². The normalized spacial score (nSPS) is 12.0. The second-order valence-corrected chi connectivity index (χ2v) is 7.12. The molecular weight excluding hydrogens is 348 g/mol. The maximum Gasteiger partial charge on any atom is 0.271 e. The van der Waals surface area contributed by atoms with Gasteiger partial charge in [-0.25, -0.2) is 9.97 Å². The van der Waals surface area contributed by atoms with Gasteiger partial charge in [0.1, 0.15) is 11.4 Å². The van der Waals surface area contributed by atoms with E-state index in [1.807, 2.05) is 11.4 Å². The molecule has 122 valence electrons. The van der Waals surface area contributed by atoms with E-state index in [1.165, 1.54) is 47.6 Å². The van der Waals surface area contributed by atoms with E-state index < -0.39 is 10.2 Å². The van der Waals surface area contributed by atoms with Crippen LogP contribution in [0.25, 0.3) is 10.2 Å². The molecule has 0 aliphatic heterocycles. The van der Waals surface area contributed by atoms with Gasteiger partial charge in [-0.1, -0.05) is 17.8 Å². The number of nitrogens with one attached hydrogen (secondary N) is 1. The van der Waals surface area contributed by atoms with Gasteiger partial charge in [-0.2, -0.15) is 0 Å². The zero-order valence-corrected chi connectivity index (χ0v) is 14.1. The minimum absolute atomic E-state index is 0.0656. The number of carbonyl (C=O) groups excluding carboxylic acids is 1. The lowest BCUT2D eigenvalue weighted by Gasteiger charge is -2.11. The maximum absolute atomic E-state index is 12.3. The Bertz CT molecular complexity index is 912. The first kappa shape index (κ1) is 16.3. The second kappa shape index (κ2) is 6.93. The molecule has 0 saturated heterocycles. The number of carbonyl (C=O) groups is 1. The fourth-order valence-corrected chi connectivity index (χ4v) is 3.85. The lowest BCUT2D eigenvalue weighted by Crippen LogP contribution is -2.22. The van der Waals surface area contributed by atoms with E-state index in [9.17, 15) is 14.9 Å². The van der Waals surface area contributed by atoms with Crippen molar-refractivity contribution in [3.05, 3.63) is 52.2 Å². The van der Waals surface area contributed by atoms with Crippen LogP contribution in [0.1, 0.15) is 6.92 Å². The van der Waals surface area contributed by atoms with Gasteiger partial charge >= 0.3 is 0 Å². The third kappa shape index (κ3) is 3.52. The second-order valence-electron chi connectivity index (χ2n) is 4.87.